The summed E-state index contributed by atoms with van der Waals surface area (Å²) in [7, 11) is -4.01. The van der Waals surface area contributed by atoms with Crippen molar-refractivity contribution < 1.29 is 17.5 Å². The third-order valence-electron chi connectivity index (χ3n) is 3.73. The van der Waals surface area contributed by atoms with Gasteiger partial charge in [-0.1, -0.05) is 11.6 Å². The smallest absolute Gasteiger partial charge is 0.263 e. The van der Waals surface area contributed by atoms with E-state index >= 15 is 0 Å². The Bertz CT molecular complexity index is 1190. The fraction of sp³-hybridized carbons (Fsp3) is 0.0526. The van der Waals surface area contributed by atoms with Crippen LogP contribution in [0.3, 0.4) is 0 Å². The molecule has 28 heavy (non-hydrogen) atoms. The molecule has 0 aliphatic heterocycles. The number of hydrogen-bond donors (Lipinski definition) is 1. The standard InChI is InChI=1S/C19H13ClFN3O3S/c1-12-9-15(27-19-13(11-22)3-2-8-23-19)5-6-17(12)24-28(25,26)18-7-4-14(21)10-16(18)20/h2-10,24H,1H3. The topological polar surface area (TPSA) is 92.1 Å². The van der Waals surface area contributed by atoms with Crippen molar-refractivity contribution in [2.75, 3.05) is 4.72 Å². The van der Waals surface area contributed by atoms with E-state index in [1.807, 2.05) is 6.07 Å². The highest BCUT2D eigenvalue weighted by Gasteiger charge is 2.19. The summed E-state index contributed by atoms with van der Waals surface area (Å²) in [6.07, 6.45) is 1.50. The molecule has 0 saturated heterocycles. The van der Waals surface area contributed by atoms with Crippen molar-refractivity contribution in [2.45, 2.75) is 11.8 Å². The van der Waals surface area contributed by atoms with Gasteiger partial charge in [-0.2, -0.15) is 5.26 Å². The van der Waals surface area contributed by atoms with Gasteiger partial charge >= 0.3 is 0 Å². The maximum atomic E-state index is 13.2. The Hall–Kier alpha value is -3.15. The van der Waals surface area contributed by atoms with E-state index in [1.165, 1.54) is 18.3 Å². The average Bonchev–Trinajstić information content (AvgIpc) is 2.64. The molecule has 9 heteroatoms. The van der Waals surface area contributed by atoms with Crippen LogP contribution in [0.2, 0.25) is 5.02 Å². The molecule has 0 atom stereocenters. The molecule has 0 aliphatic carbocycles. The summed E-state index contributed by atoms with van der Waals surface area (Å²) < 4.78 is 46.3. The molecule has 0 spiro atoms. The lowest BCUT2D eigenvalue weighted by molar-refractivity contribution is 0.461. The van der Waals surface area contributed by atoms with E-state index in [2.05, 4.69) is 9.71 Å². The Morgan fingerprint density at radius 3 is 2.68 bits per heavy atom. The lowest BCUT2D eigenvalue weighted by atomic mass is 10.2. The first kappa shape index (κ1) is 19.6. The first-order valence-corrected chi connectivity index (χ1v) is 9.78. The lowest BCUT2D eigenvalue weighted by Gasteiger charge is -2.13. The Morgan fingerprint density at radius 1 is 1.21 bits per heavy atom. The predicted octanol–water partition coefficient (Wildman–Crippen LogP) is 4.65. The summed E-state index contributed by atoms with van der Waals surface area (Å²) in [4.78, 5) is 3.78. The summed E-state index contributed by atoms with van der Waals surface area (Å²) in [6, 6.07) is 12.9. The van der Waals surface area contributed by atoms with E-state index in [4.69, 9.17) is 21.6 Å². The number of rotatable bonds is 5. The van der Waals surface area contributed by atoms with Gasteiger partial charge in [0.25, 0.3) is 10.0 Å². The highest BCUT2D eigenvalue weighted by atomic mass is 35.5. The van der Waals surface area contributed by atoms with Crippen molar-refractivity contribution in [1.29, 1.82) is 5.26 Å². The maximum absolute atomic E-state index is 13.2. The number of halogens is 2. The molecular formula is C19H13ClFN3O3S. The normalized spacial score (nSPS) is 10.9. The van der Waals surface area contributed by atoms with Gasteiger partial charge in [-0.25, -0.2) is 17.8 Å². The molecule has 0 bridgehead atoms. The molecule has 6 nitrogen and oxygen atoms in total. The number of aromatic nitrogens is 1. The zero-order chi connectivity index (χ0) is 20.3. The SMILES string of the molecule is Cc1cc(Oc2ncccc2C#N)ccc1NS(=O)(=O)c1ccc(F)cc1Cl. The van der Waals surface area contributed by atoms with E-state index in [9.17, 15) is 12.8 Å². The second-order valence-electron chi connectivity index (χ2n) is 5.73. The number of benzene rings is 2. The van der Waals surface area contributed by atoms with Crippen LogP contribution in [-0.2, 0) is 10.0 Å². The Kier molecular flexibility index (Phi) is 5.49. The van der Waals surface area contributed by atoms with Gasteiger partial charge in [0.1, 0.15) is 28.1 Å². The number of anilines is 1. The fourth-order valence-electron chi connectivity index (χ4n) is 2.38. The van der Waals surface area contributed by atoms with Gasteiger partial charge in [0.05, 0.1) is 10.7 Å². The van der Waals surface area contributed by atoms with Gasteiger partial charge in [0, 0.05) is 6.20 Å². The summed E-state index contributed by atoms with van der Waals surface area (Å²) in [5.41, 5.74) is 1.14. The van der Waals surface area contributed by atoms with Gasteiger partial charge in [-0.3, -0.25) is 4.72 Å². The van der Waals surface area contributed by atoms with Gasteiger partial charge in [-0.15, -0.1) is 0 Å². The number of pyridine rings is 1. The van der Waals surface area contributed by atoms with Crippen LogP contribution >= 0.6 is 11.6 Å². The Balaban J connectivity index is 1.86. The number of hydrogen-bond acceptors (Lipinski definition) is 5. The Labute approximate surface area is 166 Å². The molecule has 2 aromatic carbocycles. The number of nitrogens with zero attached hydrogens (tertiary/aromatic N) is 2. The molecule has 1 heterocycles. The van der Waals surface area contributed by atoms with Crippen LogP contribution < -0.4 is 9.46 Å². The first-order valence-electron chi connectivity index (χ1n) is 7.91. The minimum atomic E-state index is -4.01. The number of sulfonamides is 1. The largest absolute Gasteiger partial charge is 0.438 e. The second kappa shape index (κ2) is 7.84. The van der Waals surface area contributed by atoms with Gasteiger partial charge in [0.15, 0.2) is 0 Å². The molecule has 0 amide bonds. The molecule has 1 aromatic heterocycles. The monoisotopic (exact) mass is 417 g/mol. The van der Waals surface area contributed by atoms with Crippen LogP contribution in [0.25, 0.3) is 0 Å². The van der Waals surface area contributed by atoms with Gasteiger partial charge in [-0.05, 0) is 61.0 Å². The van der Waals surface area contributed by atoms with Crippen LogP contribution in [0.1, 0.15) is 11.1 Å². The second-order valence-corrected chi connectivity index (χ2v) is 7.78. The fourth-order valence-corrected chi connectivity index (χ4v) is 4.04. The highest BCUT2D eigenvalue weighted by Crippen LogP contribution is 2.29. The summed E-state index contributed by atoms with van der Waals surface area (Å²) in [6.45, 7) is 1.68. The quantitative estimate of drug-likeness (QED) is 0.652. The van der Waals surface area contributed by atoms with Crippen molar-refractivity contribution in [1.82, 2.24) is 4.98 Å². The number of nitriles is 1. The van der Waals surface area contributed by atoms with Crippen molar-refractivity contribution in [3.05, 3.63) is 76.7 Å². The lowest BCUT2D eigenvalue weighted by Crippen LogP contribution is -2.14. The van der Waals surface area contributed by atoms with Crippen molar-refractivity contribution in [3.8, 4) is 17.7 Å². The van der Waals surface area contributed by atoms with Crippen LogP contribution in [0, 0.1) is 24.1 Å². The minimum absolute atomic E-state index is 0.149. The molecule has 0 fully saturated rings. The van der Waals surface area contributed by atoms with E-state index in [1.54, 1.807) is 25.1 Å². The van der Waals surface area contributed by atoms with E-state index in [-0.39, 0.29) is 21.4 Å². The van der Waals surface area contributed by atoms with Crippen LogP contribution in [0.5, 0.6) is 11.6 Å². The summed E-state index contributed by atoms with van der Waals surface area (Å²) in [5, 5.41) is 8.87. The van der Waals surface area contributed by atoms with Gasteiger partial charge in [0.2, 0.25) is 5.88 Å². The van der Waals surface area contributed by atoms with Crippen LogP contribution in [-0.4, -0.2) is 13.4 Å². The zero-order valence-electron chi connectivity index (χ0n) is 14.5. The minimum Gasteiger partial charge on any atom is -0.438 e. The molecule has 142 valence electrons. The van der Waals surface area contributed by atoms with E-state index < -0.39 is 15.8 Å². The number of aryl methyl sites for hydroxylation is 1. The average molecular weight is 418 g/mol. The maximum Gasteiger partial charge on any atom is 0.263 e. The number of ether oxygens (including phenoxy) is 1. The summed E-state index contributed by atoms with van der Waals surface area (Å²) in [5.74, 6) is -0.0980. The van der Waals surface area contributed by atoms with Crippen LogP contribution in [0.15, 0.2) is 59.6 Å². The molecule has 1 N–H and O–H groups in total. The van der Waals surface area contributed by atoms with Crippen molar-refractivity contribution in [2.24, 2.45) is 0 Å². The Morgan fingerprint density at radius 2 is 2.00 bits per heavy atom. The highest BCUT2D eigenvalue weighted by molar-refractivity contribution is 7.92. The molecule has 0 radical (unpaired) electrons. The zero-order valence-corrected chi connectivity index (χ0v) is 16.1. The molecular weight excluding hydrogens is 405 g/mol. The molecule has 0 aliphatic rings. The molecule has 0 unspecified atom stereocenters. The third-order valence-corrected chi connectivity index (χ3v) is 5.58. The molecule has 0 saturated carbocycles. The predicted molar refractivity (Wildman–Crippen MR) is 102 cm³/mol. The first-order chi connectivity index (χ1) is 13.3. The van der Waals surface area contributed by atoms with Crippen molar-refractivity contribution >= 4 is 27.3 Å². The third kappa shape index (κ3) is 4.22. The molecule has 3 aromatic rings. The van der Waals surface area contributed by atoms with E-state index in [0.717, 1.165) is 18.2 Å². The van der Waals surface area contributed by atoms with Crippen molar-refractivity contribution in [3.63, 3.8) is 0 Å². The van der Waals surface area contributed by atoms with Crippen LogP contribution in [0.4, 0.5) is 10.1 Å². The molecule has 3 rings (SSSR count). The number of nitrogens with one attached hydrogen (secondary N) is 1. The van der Waals surface area contributed by atoms with E-state index in [0.29, 0.717) is 17.0 Å². The van der Waals surface area contributed by atoms with Gasteiger partial charge < -0.3 is 4.74 Å². The summed E-state index contributed by atoms with van der Waals surface area (Å²) >= 11 is 5.85.